The van der Waals surface area contributed by atoms with Crippen LogP contribution in [0.2, 0.25) is 0 Å². The molecule has 0 bridgehead atoms. The maximum atomic E-state index is 12.5. The number of carbonyl (C=O) groups is 2. The summed E-state index contributed by atoms with van der Waals surface area (Å²) in [5.74, 6) is 0.342. The van der Waals surface area contributed by atoms with Crippen molar-refractivity contribution < 1.29 is 18.8 Å². The largest absolute Gasteiger partial charge is 0.484 e. The van der Waals surface area contributed by atoms with Crippen LogP contribution in [0.3, 0.4) is 0 Å². The summed E-state index contributed by atoms with van der Waals surface area (Å²) in [7, 11) is 0. The zero-order valence-electron chi connectivity index (χ0n) is 13.8. The second-order valence-corrected chi connectivity index (χ2v) is 6.53. The van der Waals surface area contributed by atoms with Crippen LogP contribution in [0, 0.1) is 0 Å². The van der Waals surface area contributed by atoms with E-state index >= 15 is 0 Å². The number of hydrogen-bond acceptors (Lipinski definition) is 6. The van der Waals surface area contributed by atoms with Crippen molar-refractivity contribution in [2.75, 3.05) is 12.8 Å². The molecule has 0 aliphatic carbocycles. The van der Waals surface area contributed by atoms with Gasteiger partial charge in [0.05, 0.1) is 0 Å². The third kappa shape index (κ3) is 3.79. The molecule has 7 nitrogen and oxygen atoms in total. The van der Waals surface area contributed by atoms with Crippen LogP contribution < -0.4 is 10.5 Å². The highest BCUT2D eigenvalue weighted by molar-refractivity contribution is 7.98. The number of carbonyl (C=O) groups excluding carboxylic acids is 2. The number of primary amides is 1. The summed E-state index contributed by atoms with van der Waals surface area (Å²) in [6.07, 6.45) is 3.30. The van der Waals surface area contributed by atoms with E-state index in [0.717, 1.165) is 17.1 Å². The molecule has 1 aromatic heterocycles. The van der Waals surface area contributed by atoms with Gasteiger partial charge in [-0.25, -0.2) is 0 Å². The third-order valence-electron chi connectivity index (χ3n) is 4.06. The monoisotopic (exact) mass is 361 g/mol. The van der Waals surface area contributed by atoms with Crippen molar-refractivity contribution >= 4 is 23.6 Å². The lowest BCUT2D eigenvalue weighted by atomic mass is 10.2. The zero-order chi connectivity index (χ0) is 17.8. The van der Waals surface area contributed by atoms with Crippen molar-refractivity contribution in [1.82, 2.24) is 10.1 Å². The molecule has 8 heteroatoms. The number of nitrogens with zero attached hydrogens (tertiary/aromatic N) is 2. The average molecular weight is 361 g/mol. The number of likely N-dealkylation sites (tertiary alicyclic amines) is 1. The van der Waals surface area contributed by atoms with E-state index in [0.29, 0.717) is 18.7 Å². The van der Waals surface area contributed by atoms with Crippen molar-refractivity contribution in [3.05, 3.63) is 41.8 Å². The predicted octanol–water partition coefficient (Wildman–Crippen LogP) is 2.07. The van der Waals surface area contributed by atoms with Gasteiger partial charge < -0.3 is 19.9 Å². The first-order valence-electron chi connectivity index (χ1n) is 7.92. The summed E-state index contributed by atoms with van der Waals surface area (Å²) in [4.78, 5) is 26.4. The highest BCUT2D eigenvalue weighted by atomic mass is 32.2. The van der Waals surface area contributed by atoms with E-state index < -0.39 is 11.9 Å². The minimum absolute atomic E-state index is 0.157. The van der Waals surface area contributed by atoms with Gasteiger partial charge in [0.2, 0.25) is 5.91 Å². The van der Waals surface area contributed by atoms with Crippen LogP contribution in [0.5, 0.6) is 5.75 Å². The normalized spacial score (nSPS) is 16.8. The highest BCUT2D eigenvalue weighted by Crippen LogP contribution is 2.27. The molecular formula is C17H19N3O4S. The number of ether oxygens (including phenoxy) is 1. The smallest absolute Gasteiger partial charge is 0.276 e. The van der Waals surface area contributed by atoms with Gasteiger partial charge in [0, 0.05) is 17.5 Å². The molecule has 1 aromatic carbocycles. The van der Waals surface area contributed by atoms with Gasteiger partial charge in [-0.2, -0.15) is 0 Å². The van der Waals surface area contributed by atoms with E-state index in [1.165, 1.54) is 4.90 Å². The summed E-state index contributed by atoms with van der Waals surface area (Å²) >= 11 is 1.58. The van der Waals surface area contributed by atoms with Crippen molar-refractivity contribution in [3.8, 4) is 5.75 Å². The first-order valence-corrected chi connectivity index (χ1v) is 9.14. The van der Waals surface area contributed by atoms with E-state index in [1.807, 2.05) is 30.5 Å². The molecule has 1 atom stereocenters. The number of aromatic nitrogens is 1. The Morgan fingerprint density at radius 3 is 3.00 bits per heavy atom. The molecule has 132 valence electrons. The average Bonchev–Trinajstić information content (AvgIpc) is 3.29. The van der Waals surface area contributed by atoms with Gasteiger partial charge in [-0.1, -0.05) is 17.3 Å². The van der Waals surface area contributed by atoms with Gasteiger partial charge in [0.1, 0.15) is 18.4 Å². The fraction of sp³-hybridized carbons (Fsp3) is 0.353. The van der Waals surface area contributed by atoms with E-state index in [2.05, 4.69) is 5.16 Å². The number of rotatable bonds is 6. The summed E-state index contributed by atoms with van der Waals surface area (Å²) in [5.41, 5.74) is 5.51. The highest BCUT2D eigenvalue weighted by Gasteiger charge is 2.34. The standard InChI is InChI=1S/C17H19N3O4S/c1-25-15-7-3-2-6-14(15)23-10-11-9-12(19-24-11)17(22)20-8-4-5-13(20)16(18)21/h2-3,6-7,9,13H,4-5,8,10H2,1H3,(H2,18,21)/t13-/m0/s1. The minimum Gasteiger partial charge on any atom is -0.484 e. The Kier molecular flexibility index (Phi) is 5.28. The number of hydrogen-bond donors (Lipinski definition) is 1. The molecular weight excluding hydrogens is 342 g/mol. The van der Waals surface area contributed by atoms with Crippen LogP contribution >= 0.6 is 11.8 Å². The van der Waals surface area contributed by atoms with Crippen molar-refractivity contribution in [1.29, 1.82) is 0 Å². The second kappa shape index (κ2) is 7.60. The lowest BCUT2D eigenvalue weighted by Gasteiger charge is -2.20. The van der Waals surface area contributed by atoms with Crippen molar-refractivity contribution in [3.63, 3.8) is 0 Å². The Morgan fingerprint density at radius 2 is 2.24 bits per heavy atom. The molecule has 25 heavy (non-hydrogen) atoms. The molecule has 1 aliphatic heterocycles. The first kappa shape index (κ1) is 17.3. The zero-order valence-corrected chi connectivity index (χ0v) is 14.6. The number of benzene rings is 1. The number of thioether (sulfide) groups is 1. The second-order valence-electron chi connectivity index (χ2n) is 5.68. The van der Waals surface area contributed by atoms with E-state index in [-0.39, 0.29) is 18.2 Å². The van der Waals surface area contributed by atoms with Crippen LogP contribution in [0.25, 0.3) is 0 Å². The quantitative estimate of drug-likeness (QED) is 0.791. The molecule has 2 N–H and O–H groups in total. The van der Waals surface area contributed by atoms with Crippen molar-refractivity contribution in [2.45, 2.75) is 30.4 Å². The number of para-hydroxylation sites is 1. The van der Waals surface area contributed by atoms with Crippen LogP contribution in [0.1, 0.15) is 29.1 Å². The summed E-state index contributed by atoms with van der Waals surface area (Å²) in [6, 6.07) is 8.64. The van der Waals surface area contributed by atoms with Gasteiger partial charge in [0.25, 0.3) is 5.91 Å². The maximum Gasteiger partial charge on any atom is 0.276 e. The molecule has 2 heterocycles. The van der Waals surface area contributed by atoms with E-state index in [1.54, 1.807) is 17.8 Å². The molecule has 3 rings (SSSR count). The Balaban J connectivity index is 1.66. The maximum absolute atomic E-state index is 12.5. The Bertz CT molecular complexity index is 777. The van der Waals surface area contributed by atoms with Gasteiger partial charge in [-0.05, 0) is 31.2 Å². The predicted molar refractivity (Wildman–Crippen MR) is 92.3 cm³/mol. The summed E-state index contributed by atoms with van der Waals surface area (Å²) < 4.78 is 10.9. The SMILES string of the molecule is CSc1ccccc1OCc1cc(C(=O)N2CCC[C@H]2C(N)=O)no1. The molecule has 0 saturated carbocycles. The van der Waals surface area contributed by atoms with Gasteiger partial charge in [-0.15, -0.1) is 11.8 Å². The van der Waals surface area contributed by atoms with Crippen LogP contribution in [0.4, 0.5) is 0 Å². The van der Waals surface area contributed by atoms with E-state index in [9.17, 15) is 9.59 Å². The minimum atomic E-state index is -0.572. The van der Waals surface area contributed by atoms with Gasteiger partial charge in [0.15, 0.2) is 11.5 Å². The van der Waals surface area contributed by atoms with Gasteiger partial charge >= 0.3 is 0 Å². The van der Waals surface area contributed by atoms with Crippen molar-refractivity contribution in [2.24, 2.45) is 5.73 Å². The molecule has 0 radical (unpaired) electrons. The van der Waals surface area contributed by atoms with Crippen LogP contribution in [-0.4, -0.2) is 40.7 Å². The topological polar surface area (TPSA) is 98.7 Å². The molecule has 0 spiro atoms. The van der Waals surface area contributed by atoms with Crippen LogP contribution in [0.15, 0.2) is 39.8 Å². The van der Waals surface area contributed by atoms with Gasteiger partial charge in [-0.3, -0.25) is 9.59 Å². The molecule has 2 aromatic rings. The molecule has 0 unspecified atom stereocenters. The Labute approximate surface area is 149 Å². The lowest BCUT2D eigenvalue weighted by molar-refractivity contribution is -0.121. The summed E-state index contributed by atoms with van der Waals surface area (Å²) in [5, 5.41) is 3.81. The number of nitrogens with two attached hydrogens (primary N) is 1. The lowest BCUT2D eigenvalue weighted by Crippen LogP contribution is -2.43. The number of amides is 2. The Hall–Kier alpha value is -2.48. The molecule has 1 saturated heterocycles. The fourth-order valence-corrected chi connectivity index (χ4v) is 3.36. The molecule has 1 fully saturated rings. The molecule has 1 aliphatic rings. The van der Waals surface area contributed by atoms with E-state index in [4.69, 9.17) is 15.0 Å². The fourth-order valence-electron chi connectivity index (χ4n) is 2.82. The summed E-state index contributed by atoms with van der Waals surface area (Å²) in [6.45, 7) is 0.656. The van der Waals surface area contributed by atoms with Crippen LogP contribution in [-0.2, 0) is 11.4 Å². The third-order valence-corrected chi connectivity index (χ3v) is 4.84. The Morgan fingerprint density at radius 1 is 1.44 bits per heavy atom. The molecule has 2 amide bonds. The first-order chi connectivity index (χ1) is 12.1.